The molecule has 0 radical (unpaired) electrons. The molecule has 0 aromatic carbocycles. The van der Waals surface area contributed by atoms with Crippen molar-refractivity contribution < 1.29 is 14.6 Å². The number of aryl methyl sites for hydroxylation is 1. The molecule has 0 aliphatic rings. The molecule has 0 aliphatic carbocycles. The van der Waals surface area contributed by atoms with E-state index in [2.05, 4.69) is 15.0 Å². The molecule has 100 valence electrons. The van der Waals surface area contributed by atoms with E-state index in [-0.39, 0.29) is 12.6 Å². The number of rotatable bonds is 7. The summed E-state index contributed by atoms with van der Waals surface area (Å²) < 4.78 is 4.66. The van der Waals surface area contributed by atoms with Crippen molar-refractivity contribution in [3.05, 3.63) is 23.4 Å². The van der Waals surface area contributed by atoms with Gasteiger partial charge in [-0.25, -0.2) is 9.78 Å². The number of carbonyl (C=O) groups is 1. The highest BCUT2D eigenvalue weighted by Crippen LogP contribution is 2.11. The number of aromatic nitrogens is 1. The molecule has 0 aliphatic heterocycles. The molecule has 0 saturated carbocycles. The van der Waals surface area contributed by atoms with E-state index in [1.807, 2.05) is 0 Å². The maximum absolute atomic E-state index is 11.4. The molecule has 0 amide bonds. The third-order valence-corrected chi connectivity index (χ3v) is 2.63. The van der Waals surface area contributed by atoms with E-state index < -0.39 is 0 Å². The Morgan fingerprint density at radius 2 is 2.17 bits per heavy atom. The van der Waals surface area contributed by atoms with Gasteiger partial charge < -0.3 is 15.2 Å². The maximum atomic E-state index is 11.4. The number of nitrogens with one attached hydrogen (secondary N) is 1. The molecule has 1 aromatic rings. The minimum absolute atomic E-state index is 0.241. The van der Waals surface area contributed by atoms with E-state index in [1.54, 1.807) is 19.1 Å². The van der Waals surface area contributed by atoms with Gasteiger partial charge in [-0.05, 0) is 38.3 Å². The van der Waals surface area contributed by atoms with Crippen LogP contribution in [0.1, 0.15) is 35.3 Å². The fourth-order valence-corrected chi connectivity index (χ4v) is 1.62. The molecule has 0 atom stereocenters. The molecular weight excluding hydrogens is 232 g/mol. The summed E-state index contributed by atoms with van der Waals surface area (Å²) in [4.78, 5) is 15.7. The number of anilines is 1. The average Bonchev–Trinajstić information content (AvgIpc) is 2.38. The average molecular weight is 252 g/mol. The summed E-state index contributed by atoms with van der Waals surface area (Å²) in [5.41, 5.74) is 1.14. The van der Waals surface area contributed by atoms with Crippen molar-refractivity contribution in [1.29, 1.82) is 0 Å². The van der Waals surface area contributed by atoms with Gasteiger partial charge in [-0.3, -0.25) is 0 Å². The van der Waals surface area contributed by atoms with Gasteiger partial charge in [0, 0.05) is 13.2 Å². The lowest BCUT2D eigenvalue weighted by Crippen LogP contribution is -2.08. The van der Waals surface area contributed by atoms with E-state index in [0.29, 0.717) is 11.3 Å². The number of carbonyl (C=O) groups excluding carboxylic acids is 1. The van der Waals surface area contributed by atoms with Crippen LogP contribution in [0.5, 0.6) is 0 Å². The van der Waals surface area contributed by atoms with Crippen molar-refractivity contribution in [3.8, 4) is 0 Å². The van der Waals surface area contributed by atoms with Crippen molar-refractivity contribution >= 4 is 11.8 Å². The van der Waals surface area contributed by atoms with E-state index in [4.69, 9.17) is 5.11 Å². The Morgan fingerprint density at radius 1 is 1.39 bits per heavy atom. The van der Waals surface area contributed by atoms with Crippen molar-refractivity contribution in [1.82, 2.24) is 4.98 Å². The number of methoxy groups -OCH3 is 1. The van der Waals surface area contributed by atoms with E-state index in [0.717, 1.165) is 31.6 Å². The molecule has 5 heteroatoms. The summed E-state index contributed by atoms with van der Waals surface area (Å²) in [5.74, 6) is 0.388. The number of aliphatic hydroxyl groups is 1. The lowest BCUT2D eigenvalue weighted by atomic mass is 10.2. The topological polar surface area (TPSA) is 71.5 Å². The second-order valence-corrected chi connectivity index (χ2v) is 4.03. The Hall–Kier alpha value is -1.62. The molecule has 0 unspecified atom stereocenters. The first-order valence-corrected chi connectivity index (χ1v) is 6.09. The van der Waals surface area contributed by atoms with Gasteiger partial charge >= 0.3 is 5.97 Å². The summed E-state index contributed by atoms with van der Waals surface area (Å²) in [6, 6.07) is 3.48. The van der Waals surface area contributed by atoms with Crippen molar-refractivity contribution in [2.75, 3.05) is 25.6 Å². The lowest BCUT2D eigenvalue weighted by molar-refractivity contribution is 0.0599. The second kappa shape index (κ2) is 7.66. The zero-order chi connectivity index (χ0) is 13.4. The van der Waals surface area contributed by atoms with Crippen LogP contribution in [0.25, 0.3) is 0 Å². The normalized spacial score (nSPS) is 10.2. The number of aliphatic hydroxyl groups excluding tert-OH is 1. The summed E-state index contributed by atoms with van der Waals surface area (Å²) in [7, 11) is 1.36. The zero-order valence-electron chi connectivity index (χ0n) is 10.9. The summed E-state index contributed by atoms with van der Waals surface area (Å²) in [6.07, 6.45) is 2.80. The van der Waals surface area contributed by atoms with Gasteiger partial charge in [-0.1, -0.05) is 0 Å². The molecule has 1 heterocycles. The monoisotopic (exact) mass is 252 g/mol. The summed E-state index contributed by atoms with van der Waals surface area (Å²) in [5, 5.41) is 11.8. The molecule has 1 aromatic heterocycles. The lowest BCUT2D eigenvalue weighted by Gasteiger charge is -2.08. The summed E-state index contributed by atoms with van der Waals surface area (Å²) >= 11 is 0. The number of unbranched alkanes of at least 4 members (excludes halogenated alkanes) is 2. The maximum Gasteiger partial charge on any atom is 0.339 e. The van der Waals surface area contributed by atoms with Crippen LogP contribution in [0.2, 0.25) is 0 Å². The fourth-order valence-electron chi connectivity index (χ4n) is 1.62. The van der Waals surface area contributed by atoms with E-state index >= 15 is 0 Å². The molecular formula is C13H20N2O3. The van der Waals surface area contributed by atoms with Gasteiger partial charge in [-0.2, -0.15) is 0 Å². The SMILES string of the molecule is COC(=O)c1ccc(NCCCCCO)nc1C. The largest absolute Gasteiger partial charge is 0.465 e. The van der Waals surface area contributed by atoms with Crippen LogP contribution < -0.4 is 5.32 Å². The van der Waals surface area contributed by atoms with Crippen LogP contribution in [0.15, 0.2) is 12.1 Å². The third kappa shape index (κ3) is 4.33. The highest BCUT2D eigenvalue weighted by molar-refractivity contribution is 5.90. The first kappa shape index (κ1) is 14.4. The first-order valence-electron chi connectivity index (χ1n) is 6.09. The number of esters is 1. The predicted molar refractivity (Wildman–Crippen MR) is 69.7 cm³/mol. The molecule has 0 fully saturated rings. The highest BCUT2D eigenvalue weighted by atomic mass is 16.5. The van der Waals surface area contributed by atoms with E-state index in [1.165, 1.54) is 7.11 Å². The zero-order valence-corrected chi connectivity index (χ0v) is 10.9. The van der Waals surface area contributed by atoms with Crippen LogP contribution in [0.4, 0.5) is 5.82 Å². The number of pyridine rings is 1. The molecule has 0 spiro atoms. The first-order chi connectivity index (χ1) is 8.69. The minimum Gasteiger partial charge on any atom is -0.465 e. The smallest absolute Gasteiger partial charge is 0.339 e. The molecule has 5 nitrogen and oxygen atoms in total. The second-order valence-electron chi connectivity index (χ2n) is 4.03. The minimum atomic E-state index is -0.366. The van der Waals surface area contributed by atoms with Crippen LogP contribution in [0.3, 0.4) is 0 Å². The molecule has 0 saturated heterocycles. The van der Waals surface area contributed by atoms with Gasteiger partial charge in [0.05, 0.1) is 18.4 Å². The van der Waals surface area contributed by atoms with Crippen LogP contribution in [0, 0.1) is 6.92 Å². The Labute approximate surface area is 107 Å². The standard InChI is InChI=1S/C13H20N2O3/c1-10-11(13(17)18-2)6-7-12(15-10)14-8-4-3-5-9-16/h6-7,16H,3-5,8-9H2,1-2H3,(H,14,15). The van der Waals surface area contributed by atoms with Crippen molar-refractivity contribution in [2.24, 2.45) is 0 Å². The van der Waals surface area contributed by atoms with Crippen LogP contribution >= 0.6 is 0 Å². The van der Waals surface area contributed by atoms with Crippen LogP contribution in [-0.2, 0) is 4.74 Å². The number of hydrogen-bond acceptors (Lipinski definition) is 5. The van der Waals surface area contributed by atoms with Crippen molar-refractivity contribution in [2.45, 2.75) is 26.2 Å². The molecule has 18 heavy (non-hydrogen) atoms. The summed E-state index contributed by atoms with van der Waals surface area (Å²) in [6.45, 7) is 2.83. The van der Waals surface area contributed by atoms with Gasteiger partial charge in [0.15, 0.2) is 0 Å². The predicted octanol–water partition coefficient (Wildman–Crippen LogP) is 1.75. The van der Waals surface area contributed by atoms with Gasteiger partial charge in [0.2, 0.25) is 0 Å². The van der Waals surface area contributed by atoms with Gasteiger partial charge in [0.25, 0.3) is 0 Å². The molecule has 2 N–H and O–H groups in total. The van der Waals surface area contributed by atoms with E-state index in [9.17, 15) is 4.79 Å². The Balaban J connectivity index is 2.49. The molecule has 1 rings (SSSR count). The Kier molecular flexibility index (Phi) is 6.14. The molecule has 0 bridgehead atoms. The highest BCUT2D eigenvalue weighted by Gasteiger charge is 2.10. The van der Waals surface area contributed by atoms with Crippen molar-refractivity contribution in [3.63, 3.8) is 0 Å². The van der Waals surface area contributed by atoms with Gasteiger partial charge in [-0.15, -0.1) is 0 Å². The quantitative estimate of drug-likeness (QED) is 0.571. The number of nitrogens with zero attached hydrogens (tertiary/aromatic N) is 1. The number of ether oxygens (including phenoxy) is 1. The Morgan fingerprint density at radius 3 is 2.78 bits per heavy atom. The fraction of sp³-hybridized carbons (Fsp3) is 0.538. The number of hydrogen-bond donors (Lipinski definition) is 2. The van der Waals surface area contributed by atoms with Gasteiger partial charge in [0.1, 0.15) is 5.82 Å². The third-order valence-electron chi connectivity index (χ3n) is 2.63. The van der Waals surface area contributed by atoms with Crippen LogP contribution in [-0.4, -0.2) is 36.3 Å². The Bertz CT molecular complexity index is 394.